The first kappa shape index (κ1) is 7.05. The zero-order valence-electron chi connectivity index (χ0n) is 5.29. The number of hydrogen-bond acceptors (Lipinski definition) is 1. The molecule has 0 saturated heterocycles. The van der Waals surface area contributed by atoms with Gasteiger partial charge in [-0.1, -0.05) is 29.5 Å². The highest BCUT2D eigenvalue weighted by Crippen LogP contribution is 2.16. The first-order valence-electron chi connectivity index (χ1n) is 2.97. The molecule has 1 aromatic heterocycles. The second-order valence-corrected chi connectivity index (χ2v) is 3.27. The summed E-state index contributed by atoms with van der Waals surface area (Å²) in [4.78, 5) is 0. The van der Waals surface area contributed by atoms with Gasteiger partial charge in [-0.3, -0.25) is 4.68 Å². The Balaban J connectivity index is 2.65. The van der Waals surface area contributed by atoms with Crippen molar-refractivity contribution in [2.24, 2.45) is 0 Å². The van der Waals surface area contributed by atoms with Crippen LogP contribution >= 0.6 is 22.6 Å². The zero-order valence-corrected chi connectivity index (χ0v) is 7.45. The third kappa shape index (κ3) is 1.67. The van der Waals surface area contributed by atoms with Gasteiger partial charge < -0.3 is 0 Å². The van der Waals surface area contributed by atoms with Gasteiger partial charge in [0.2, 0.25) is 0 Å². The van der Waals surface area contributed by atoms with Crippen LogP contribution in [0.25, 0.3) is 0 Å². The molecule has 1 atom stereocenters. The Morgan fingerprint density at radius 2 is 2.56 bits per heavy atom. The monoisotopic (exact) mass is 236 g/mol. The summed E-state index contributed by atoms with van der Waals surface area (Å²) < 4.78 is 2.47. The van der Waals surface area contributed by atoms with E-state index in [0.29, 0.717) is 4.05 Å². The fourth-order valence-corrected chi connectivity index (χ4v) is 0.963. The van der Waals surface area contributed by atoms with Crippen LogP contribution < -0.4 is 0 Å². The van der Waals surface area contributed by atoms with E-state index in [9.17, 15) is 0 Å². The average Bonchev–Trinajstić information content (AvgIpc) is 2.37. The SMILES string of the molecule is CCC(I)n1cccn1. The van der Waals surface area contributed by atoms with Crippen molar-refractivity contribution in [3.63, 3.8) is 0 Å². The van der Waals surface area contributed by atoms with Gasteiger partial charge in [-0.2, -0.15) is 5.10 Å². The lowest BCUT2D eigenvalue weighted by Gasteiger charge is -2.04. The Morgan fingerprint density at radius 1 is 1.78 bits per heavy atom. The maximum Gasteiger partial charge on any atom is 0.103 e. The molecule has 0 bridgehead atoms. The highest BCUT2D eigenvalue weighted by Gasteiger charge is 1.99. The van der Waals surface area contributed by atoms with E-state index in [4.69, 9.17) is 0 Å². The maximum atomic E-state index is 4.10. The van der Waals surface area contributed by atoms with Gasteiger partial charge >= 0.3 is 0 Å². The molecule has 1 unspecified atom stereocenters. The Bertz CT molecular complexity index is 160. The van der Waals surface area contributed by atoms with Crippen LogP contribution in [0.15, 0.2) is 18.5 Å². The van der Waals surface area contributed by atoms with E-state index in [0.717, 1.165) is 6.42 Å². The second kappa shape index (κ2) is 3.20. The Labute approximate surface area is 68.4 Å². The number of rotatable bonds is 2. The van der Waals surface area contributed by atoms with E-state index < -0.39 is 0 Å². The molecule has 0 amide bonds. The molecule has 0 aromatic carbocycles. The minimum Gasteiger partial charge on any atom is -0.260 e. The summed E-state index contributed by atoms with van der Waals surface area (Å²) in [6.07, 6.45) is 4.92. The summed E-state index contributed by atoms with van der Waals surface area (Å²) in [6.45, 7) is 2.15. The molecule has 0 saturated carbocycles. The second-order valence-electron chi connectivity index (χ2n) is 1.83. The van der Waals surface area contributed by atoms with Crippen LogP contribution in [0.3, 0.4) is 0 Å². The summed E-state index contributed by atoms with van der Waals surface area (Å²) in [5.74, 6) is 0. The van der Waals surface area contributed by atoms with E-state index in [-0.39, 0.29) is 0 Å². The predicted octanol–water partition coefficient (Wildman–Crippen LogP) is 2.23. The average molecular weight is 236 g/mol. The molecule has 0 fully saturated rings. The third-order valence-electron chi connectivity index (χ3n) is 1.15. The number of aromatic nitrogens is 2. The number of hydrogen-bond donors (Lipinski definition) is 0. The molecule has 0 aliphatic carbocycles. The molecule has 9 heavy (non-hydrogen) atoms. The summed E-state index contributed by atoms with van der Waals surface area (Å²) in [5.41, 5.74) is 0. The lowest BCUT2D eigenvalue weighted by atomic mass is 10.5. The van der Waals surface area contributed by atoms with Crippen molar-refractivity contribution in [3.8, 4) is 0 Å². The van der Waals surface area contributed by atoms with Gasteiger partial charge in [0, 0.05) is 12.4 Å². The van der Waals surface area contributed by atoms with Gasteiger partial charge in [-0.05, 0) is 12.5 Å². The first-order chi connectivity index (χ1) is 4.34. The summed E-state index contributed by atoms with van der Waals surface area (Å²) in [7, 11) is 0. The quantitative estimate of drug-likeness (QED) is 0.568. The molecule has 3 heteroatoms. The van der Waals surface area contributed by atoms with Crippen molar-refractivity contribution in [2.45, 2.75) is 17.4 Å². The van der Waals surface area contributed by atoms with Gasteiger partial charge in [0.1, 0.15) is 4.05 Å². The lowest BCUT2D eigenvalue weighted by Crippen LogP contribution is -1.99. The predicted molar refractivity (Wildman–Crippen MR) is 45.6 cm³/mol. The highest BCUT2D eigenvalue weighted by atomic mass is 127. The van der Waals surface area contributed by atoms with Crippen LogP contribution in [0.1, 0.15) is 17.4 Å². The molecule has 0 aliphatic rings. The number of halogens is 1. The number of alkyl halides is 1. The molecule has 0 aliphatic heterocycles. The van der Waals surface area contributed by atoms with Crippen LogP contribution in [-0.2, 0) is 0 Å². The molecule has 0 radical (unpaired) electrons. The minimum atomic E-state index is 0.512. The van der Waals surface area contributed by atoms with Crippen molar-refractivity contribution in [2.75, 3.05) is 0 Å². The van der Waals surface area contributed by atoms with E-state index in [1.807, 2.05) is 16.9 Å². The minimum absolute atomic E-state index is 0.512. The molecular formula is C6H9IN2. The fraction of sp³-hybridized carbons (Fsp3) is 0.500. The normalized spacial score (nSPS) is 13.6. The molecule has 0 spiro atoms. The molecule has 2 nitrogen and oxygen atoms in total. The summed E-state index contributed by atoms with van der Waals surface area (Å²) in [5, 5.41) is 4.10. The third-order valence-corrected chi connectivity index (χ3v) is 2.60. The molecule has 0 N–H and O–H groups in total. The van der Waals surface area contributed by atoms with Crippen molar-refractivity contribution in [1.82, 2.24) is 9.78 Å². The van der Waals surface area contributed by atoms with E-state index in [1.165, 1.54) is 0 Å². The molecule has 50 valence electrons. The topological polar surface area (TPSA) is 17.8 Å². The van der Waals surface area contributed by atoms with Gasteiger partial charge in [0.05, 0.1) is 0 Å². The fourth-order valence-electron chi connectivity index (χ4n) is 0.633. The van der Waals surface area contributed by atoms with Gasteiger partial charge in [-0.15, -0.1) is 0 Å². The van der Waals surface area contributed by atoms with E-state index in [2.05, 4.69) is 34.6 Å². The van der Waals surface area contributed by atoms with Crippen LogP contribution in [-0.4, -0.2) is 9.78 Å². The van der Waals surface area contributed by atoms with Crippen molar-refractivity contribution >= 4 is 22.6 Å². The molecular weight excluding hydrogens is 227 g/mol. The Morgan fingerprint density at radius 3 is 3.00 bits per heavy atom. The zero-order chi connectivity index (χ0) is 6.69. The van der Waals surface area contributed by atoms with Crippen molar-refractivity contribution in [3.05, 3.63) is 18.5 Å². The Kier molecular flexibility index (Phi) is 2.50. The largest absolute Gasteiger partial charge is 0.260 e. The molecule has 1 heterocycles. The van der Waals surface area contributed by atoms with Crippen LogP contribution in [0.5, 0.6) is 0 Å². The molecule has 1 rings (SSSR count). The summed E-state index contributed by atoms with van der Waals surface area (Å²) >= 11 is 2.37. The summed E-state index contributed by atoms with van der Waals surface area (Å²) in [6, 6.07) is 1.95. The standard InChI is InChI=1S/C6H9IN2/c1-2-6(7)9-5-3-4-8-9/h3-6H,2H2,1H3. The maximum absolute atomic E-state index is 4.10. The highest BCUT2D eigenvalue weighted by molar-refractivity contribution is 14.1. The van der Waals surface area contributed by atoms with Gasteiger partial charge in [0.15, 0.2) is 0 Å². The van der Waals surface area contributed by atoms with Crippen molar-refractivity contribution in [1.29, 1.82) is 0 Å². The van der Waals surface area contributed by atoms with E-state index in [1.54, 1.807) is 6.20 Å². The number of nitrogens with zero attached hydrogens (tertiary/aromatic N) is 2. The van der Waals surface area contributed by atoms with Crippen molar-refractivity contribution < 1.29 is 0 Å². The Hall–Kier alpha value is -0.0600. The smallest absolute Gasteiger partial charge is 0.103 e. The first-order valence-corrected chi connectivity index (χ1v) is 4.22. The van der Waals surface area contributed by atoms with Gasteiger partial charge in [-0.25, -0.2) is 0 Å². The van der Waals surface area contributed by atoms with Crippen LogP contribution in [0, 0.1) is 0 Å². The van der Waals surface area contributed by atoms with Gasteiger partial charge in [0.25, 0.3) is 0 Å². The van der Waals surface area contributed by atoms with E-state index >= 15 is 0 Å². The van der Waals surface area contributed by atoms with Crippen LogP contribution in [0.4, 0.5) is 0 Å². The molecule has 1 aromatic rings. The lowest BCUT2D eigenvalue weighted by molar-refractivity contribution is 0.608. The van der Waals surface area contributed by atoms with Crippen LogP contribution in [0.2, 0.25) is 0 Å².